The number of hydrogen-bond donors (Lipinski definition) is 1. The molecule has 1 N–H and O–H groups in total. The zero-order valence-electron chi connectivity index (χ0n) is 7.88. The lowest BCUT2D eigenvalue weighted by molar-refractivity contribution is -0.384. The Bertz CT molecular complexity index is 338. The molecule has 82 valence electrons. The van der Waals surface area contributed by atoms with E-state index in [4.69, 9.17) is 4.74 Å². The van der Waals surface area contributed by atoms with Gasteiger partial charge >= 0.3 is 0 Å². The zero-order valence-corrected chi connectivity index (χ0v) is 8.70. The Labute approximate surface area is 93.0 Å². The minimum atomic E-state index is -0.407. The molecule has 2 rings (SSSR count). The highest BCUT2D eigenvalue weighted by atomic mass is 35.5. The first kappa shape index (κ1) is 11.7. The number of rotatable bonds is 3. The maximum absolute atomic E-state index is 10.4. The van der Waals surface area contributed by atoms with Gasteiger partial charge in [0.1, 0.15) is 0 Å². The molecule has 1 aliphatic rings. The molecule has 5 nitrogen and oxygen atoms in total. The molecule has 0 atom stereocenters. The van der Waals surface area contributed by atoms with Crippen LogP contribution in [0, 0.1) is 10.1 Å². The van der Waals surface area contributed by atoms with Crippen LogP contribution in [0.1, 0.15) is 0 Å². The Morgan fingerprint density at radius 1 is 1.33 bits per heavy atom. The lowest BCUT2D eigenvalue weighted by Crippen LogP contribution is -2.40. The van der Waals surface area contributed by atoms with E-state index >= 15 is 0 Å². The highest BCUT2D eigenvalue weighted by Crippen LogP contribution is 2.17. The van der Waals surface area contributed by atoms with Gasteiger partial charge in [0.05, 0.1) is 24.2 Å². The minimum Gasteiger partial charge on any atom is -0.378 e. The van der Waals surface area contributed by atoms with Crippen molar-refractivity contribution in [2.24, 2.45) is 0 Å². The van der Waals surface area contributed by atoms with E-state index in [1.165, 1.54) is 12.1 Å². The average Bonchev–Trinajstić information content (AvgIpc) is 2.12. The third-order valence-electron chi connectivity index (χ3n) is 2.09. The number of nitrogens with one attached hydrogen (secondary N) is 1. The highest BCUT2D eigenvalue weighted by Gasteiger charge is 2.17. The van der Waals surface area contributed by atoms with Crippen LogP contribution in [0.25, 0.3) is 0 Å². The predicted molar refractivity (Wildman–Crippen MR) is 58.6 cm³/mol. The second-order valence-electron chi connectivity index (χ2n) is 3.18. The average molecular weight is 231 g/mol. The summed E-state index contributed by atoms with van der Waals surface area (Å²) in [5, 5.41) is 13.6. The number of hydrogen-bond acceptors (Lipinski definition) is 4. The number of halogens is 1. The van der Waals surface area contributed by atoms with Crippen LogP contribution in [-0.2, 0) is 4.74 Å². The third-order valence-corrected chi connectivity index (χ3v) is 2.09. The molecule has 0 bridgehead atoms. The van der Waals surface area contributed by atoms with Crippen LogP contribution in [0.5, 0.6) is 0 Å². The Kier molecular flexibility index (Phi) is 3.88. The maximum Gasteiger partial charge on any atom is 0.269 e. The fourth-order valence-electron chi connectivity index (χ4n) is 1.23. The summed E-state index contributed by atoms with van der Waals surface area (Å²) < 4.78 is 5.00. The van der Waals surface area contributed by atoms with E-state index in [-0.39, 0.29) is 18.1 Å². The molecular weight excluding hydrogens is 220 g/mol. The van der Waals surface area contributed by atoms with Gasteiger partial charge in [-0.25, -0.2) is 0 Å². The minimum absolute atomic E-state index is 0. The molecule has 0 aliphatic carbocycles. The van der Waals surface area contributed by atoms with E-state index in [9.17, 15) is 10.1 Å². The van der Waals surface area contributed by atoms with Gasteiger partial charge in [0.25, 0.3) is 5.69 Å². The second kappa shape index (κ2) is 4.95. The van der Waals surface area contributed by atoms with Crippen LogP contribution in [0.15, 0.2) is 24.3 Å². The number of benzene rings is 1. The number of nitro benzene ring substituents is 1. The van der Waals surface area contributed by atoms with Gasteiger partial charge in [0.2, 0.25) is 0 Å². The van der Waals surface area contributed by atoms with E-state index in [1.54, 1.807) is 12.1 Å². The summed E-state index contributed by atoms with van der Waals surface area (Å²) in [6.45, 7) is 1.41. The van der Waals surface area contributed by atoms with Crippen molar-refractivity contribution in [3.05, 3.63) is 34.4 Å². The van der Waals surface area contributed by atoms with Crippen molar-refractivity contribution in [3.8, 4) is 0 Å². The van der Waals surface area contributed by atoms with Crippen molar-refractivity contribution in [1.29, 1.82) is 0 Å². The monoisotopic (exact) mass is 230 g/mol. The van der Waals surface area contributed by atoms with Gasteiger partial charge < -0.3 is 10.1 Å². The highest BCUT2D eigenvalue weighted by molar-refractivity contribution is 5.85. The van der Waals surface area contributed by atoms with Crippen molar-refractivity contribution < 1.29 is 9.66 Å². The molecule has 0 unspecified atom stereocenters. The molecule has 15 heavy (non-hydrogen) atoms. The summed E-state index contributed by atoms with van der Waals surface area (Å²) in [4.78, 5) is 9.96. The van der Waals surface area contributed by atoms with Crippen molar-refractivity contribution in [3.63, 3.8) is 0 Å². The molecule has 1 fully saturated rings. The maximum atomic E-state index is 10.4. The van der Waals surface area contributed by atoms with Crippen LogP contribution < -0.4 is 5.32 Å². The first-order chi connectivity index (χ1) is 6.75. The number of nitro groups is 1. The zero-order chi connectivity index (χ0) is 9.97. The lowest BCUT2D eigenvalue weighted by Gasteiger charge is -2.27. The van der Waals surface area contributed by atoms with Gasteiger partial charge in [-0.3, -0.25) is 10.1 Å². The summed E-state index contributed by atoms with van der Waals surface area (Å²) in [6, 6.07) is 6.73. The van der Waals surface area contributed by atoms with E-state index in [0.717, 1.165) is 5.69 Å². The van der Waals surface area contributed by atoms with Crippen molar-refractivity contribution in [1.82, 2.24) is 0 Å². The van der Waals surface area contributed by atoms with E-state index in [2.05, 4.69) is 5.32 Å². The smallest absolute Gasteiger partial charge is 0.269 e. The summed E-state index contributed by atoms with van der Waals surface area (Å²) in [6.07, 6.45) is 0. The van der Waals surface area contributed by atoms with Crippen molar-refractivity contribution in [2.75, 3.05) is 18.5 Å². The number of ether oxygens (including phenoxy) is 1. The first-order valence-corrected chi connectivity index (χ1v) is 4.34. The van der Waals surface area contributed by atoms with E-state index in [1.807, 2.05) is 0 Å². The van der Waals surface area contributed by atoms with Gasteiger partial charge in [-0.1, -0.05) is 0 Å². The molecule has 0 radical (unpaired) electrons. The molecule has 0 saturated carbocycles. The van der Waals surface area contributed by atoms with Crippen LogP contribution in [0.4, 0.5) is 11.4 Å². The molecule has 0 aromatic heterocycles. The molecule has 1 saturated heterocycles. The SMILES string of the molecule is Cl.O=[N+]([O-])c1ccc(NC2COC2)cc1. The summed E-state index contributed by atoms with van der Waals surface area (Å²) in [5.41, 5.74) is 1.00. The predicted octanol–water partition coefficient (Wildman–Crippen LogP) is 1.83. The van der Waals surface area contributed by atoms with E-state index < -0.39 is 4.92 Å². The van der Waals surface area contributed by atoms with Crippen molar-refractivity contribution >= 4 is 23.8 Å². The largest absolute Gasteiger partial charge is 0.378 e. The van der Waals surface area contributed by atoms with E-state index in [0.29, 0.717) is 19.3 Å². The number of nitrogens with zero attached hydrogens (tertiary/aromatic N) is 1. The lowest BCUT2D eigenvalue weighted by atomic mass is 10.2. The topological polar surface area (TPSA) is 64.4 Å². The Balaban J connectivity index is 0.00000112. The third kappa shape index (κ3) is 2.81. The van der Waals surface area contributed by atoms with Crippen molar-refractivity contribution in [2.45, 2.75) is 6.04 Å². The van der Waals surface area contributed by atoms with Gasteiger partial charge in [-0.05, 0) is 12.1 Å². The van der Waals surface area contributed by atoms with Crippen LogP contribution in [-0.4, -0.2) is 24.2 Å². The molecular formula is C9H11ClN2O3. The molecule has 0 amide bonds. The molecule has 1 heterocycles. The van der Waals surface area contributed by atoms with Gasteiger partial charge in [0, 0.05) is 17.8 Å². The number of non-ortho nitro benzene ring substituents is 1. The van der Waals surface area contributed by atoms with Crippen LogP contribution in [0.2, 0.25) is 0 Å². The summed E-state index contributed by atoms with van der Waals surface area (Å²) in [7, 11) is 0. The summed E-state index contributed by atoms with van der Waals surface area (Å²) >= 11 is 0. The molecule has 1 aliphatic heterocycles. The fraction of sp³-hybridized carbons (Fsp3) is 0.333. The quantitative estimate of drug-likeness (QED) is 0.636. The normalized spacial score (nSPS) is 14.9. The van der Waals surface area contributed by atoms with Crippen LogP contribution >= 0.6 is 12.4 Å². The second-order valence-corrected chi connectivity index (χ2v) is 3.18. The molecule has 1 aromatic rings. The Hall–Kier alpha value is -1.33. The molecule has 0 spiro atoms. The number of anilines is 1. The Morgan fingerprint density at radius 3 is 2.33 bits per heavy atom. The molecule has 1 aromatic carbocycles. The summed E-state index contributed by atoms with van der Waals surface area (Å²) in [5.74, 6) is 0. The first-order valence-electron chi connectivity index (χ1n) is 4.34. The van der Waals surface area contributed by atoms with Gasteiger partial charge in [-0.15, -0.1) is 12.4 Å². The van der Waals surface area contributed by atoms with Crippen LogP contribution in [0.3, 0.4) is 0 Å². The Morgan fingerprint density at radius 2 is 1.93 bits per heavy atom. The molecule has 6 heteroatoms. The standard InChI is InChI=1S/C9H10N2O3.ClH/c12-11(13)9-3-1-7(2-4-9)10-8-5-14-6-8;/h1-4,8,10H,5-6H2;1H. The van der Waals surface area contributed by atoms with Gasteiger partial charge in [-0.2, -0.15) is 0 Å². The van der Waals surface area contributed by atoms with Gasteiger partial charge in [0.15, 0.2) is 0 Å². The fourth-order valence-corrected chi connectivity index (χ4v) is 1.23.